The molecule has 40 heavy (non-hydrogen) atoms. The molecular weight excluding hydrogens is 577 g/mol. The third-order valence-corrected chi connectivity index (χ3v) is 7.37. The molecule has 0 spiro atoms. The zero-order valence-electron chi connectivity index (χ0n) is 20.8. The smallest absolute Gasteiger partial charge is 0.345 e. The van der Waals surface area contributed by atoms with E-state index in [0.717, 1.165) is 0 Å². The van der Waals surface area contributed by atoms with E-state index >= 15 is 0 Å². The van der Waals surface area contributed by atoms with Gasteiger partial charge in [0.15, 0.2) is 11.5 Å². The summed E-state index contributed by atoms with van der Waals surface area (Å²) in [5.41, 5.74) is 3.70. The fraction of sp³-hybridized carbons (Fsp3) is 0.0357. The Morgan fingerprint density at radius 2 is 1.57 bits per heavy atom. The van der Waals surface area contributed by atoms with Crippen LogP contribution in [0, 0.1) is 0 Å². The first-order valence-corrected chi connectivity index (χ1v) is 13.8. The van der Waals surface area contributed by atoms with E-state index in [0.29, 0.717) is 10.6 Å². The SMILES string of the molecule is COc1cc(C=NNC(=O)c2ccc(NS(=O)(=O)c3ccc(Cl)cc3)cc2)ccc1OC(=O)c1ccccc1Cl. The lowest BCUT2D eigenvalue weighted by Crippen LogP contribution is -2.18. The molecule has 0 saturated heterocycles. The summed E-state index contributed by atoms with van der Waals surface area (Å²) >= 11 is 11.9. The molecule has 4 rings (SSSR count). The van der Waals surface area contributed by atoms with E-state index in [1.165, 1.54) is 67.9 Å². The minimum atomic E-state index is -3.82. The fourth-order valence-corrected chi connectivity index (χ4v) is 4.78. The van der Waals surface area contributed by atoms with Gasteiger partial charge in [-0.1, -0.05) is 35.3 Å². The number of benzene rings is 4. The molecule has 204 valence electrons. The molecule has 0 aliphatic carbocycles. The summed E-state index contributed by atoms with van der Waals surface area (Å²) in [4.78, 5) is 25.0. The van der Waals surface area contributed by atoms with Crippen molar-refractivity contribution in [3.63, 3.8) is 0 Å². The number of carbonyl (C=O) groups is 2. The molecule has 0 radical (unpaired) electrons. The van der Waals surface area contributed by atoms with Crippen LogP contribution in [0.5, 0.6) is 11.5 Å². The van der Waals surface area contributed by atoms with Crippen LogP contribution in [0.25, 0.3) is 0 Å². The Morgan fingerprint density at radius 3 is 2.25 bits per heavy atom. The van der Waals surface area contributed by atoms with Gasteiger partial charge in [0.05, 0.1) is 28.8 Å². The number of amides is 1. The van der Waals surface area contributed by atoms with Gasteiger partial charge < -0.3 is 9.47 Å². The van der Waals surface area contributed by atoms with E-state index in [1.54, 1.807) is 36.4 Å². The lowest BCUT2D eigenvalue weighted by atomic mass is 10.2. The van der Waals surface area contributed by atoms with E-state index in [9.17, 15) is 18.0 Å². The highest BCUT2D eigenvalue weighted by molar-refractivity contribution is 7.92. The topological polar surface area (TPSA) is 123 Å². The average molecular weight is 598 g/mol. The molecule has 0 aliphatic rings. The predicted octanol–water partition coefficient (Wildman–Crippen LogP) is 5.79. The Morgan fingerprint density at radius 1 is 0.875 bits per heavy atom. The van der Waals surface area contributed by atoms with Gasteiger partial charge in [0.1, 0.15) is 0 Å². The summed E-state index contributed by atoms with van der Waals surface area (Å²) in [6.07, 6.45) is 1.38. The van der Waals surface area contributed by atoms with Crippen LogP contribution in [0.1, 0.15) is 26.3 Å². The van der Waals surface area contributed by atoms with Crippen molar-refractivity contribution < 1.29 is 27.5 Å². The van der Waals surface area contributed by atoms with Crippen molar-refractivity contribution in [3.8, 4) is 11.5 Å². The van der Waals surface area contributed by atoms with Crippen LogP contribution >= 0.6 is 23.2 Å². The Bertz CT molecular complexity index is 1680. The third kappa shape index (κ3) is 7.17. The summed E-state index contributed by atoms with van der Waals surface area (Å²) in [5, 5.41) is 4.63. The van der Waals surface area contributed by atoms with Gasteiger partial charge >= 0.3 is 5.97 Å². The highest BCUT2D eigenvalue weighted by atomic mass is 35.5. The summed E-state index contributed by atoms with van der Waals surface area (Å²) in [7, 11) is -2.40. The van der Waals surface area contributed by atoms with Crippen LogP contribution in [0.3, 0.4) is 0 Å². The minimum absolute atomic E-state index is 0.0523. The maximum Gasteiger partial charge on any atom is 0.345 e. The molecule has 4 aromatic rings. The van der Waals surface area contributed by atoms with Crippen molar-refractivity contribution in [1.29, 1.82) is 0 Å². The zero-order valence-corrected chi connectivity index (χ0v) is 23.1. The molecular formula is C28H21Cl2N3O6S. The van der Waals surface area contributed by atoms with Crippen molar-refractivity contribution in [2.45, 2.75) is 4.90 Å². The van der Waals surface area contributed by atoms with E-state index in [4.69, 9.17) is 32.7 Å². The second-order valence-electron chi connectivity index (χ2n) is 8.12. The molecule has 0 saturated carbocycles. The monoisotopic (exact) mass is 597 g/mol. The molecule has 1 amide bonds. The number of nitrogens with zero attached hydrogens (tertiary/aromatic N) is 1. The van der Waals surface area contributed by atoms with E-state index < -0.39 is 21.9 Å². The van der Waals surface area contributed by atoms with Gasteiger partial charge in [-0.25, -0.2) is 18.6 Å². The molecule has 2 N–H and O–H groups in total. The lowest BCUT2D eigenvalue weighted by molar-refractivity contribution is 0.0729. The van der Waals surface area contributed by atoms with Gasteiger partial charge in [-0.15, -0.1) is 0 Å². The van der Waals surface area contributed by atoms with Gasteiger partial charge in [-0.05, 0) is 84.4 Å². The van der Waals surface area contributed by atoms with E-state index in [2.05, 4.69) is 15.2 Å². The largest absolute Gasteiger partial charge is 0.493 e. The van der Waals surface area contributed by atoms with Crippen LogP contribution in [0.15, 0.2) is 101 Å². The summed E-state index contributed by atoms with van der Waals surface area (Å²) in [6, 6.07) is 22.8. The number of sulfonamides is 1. The van der Waals surface area contributed by atoms with E-state index in [1.807, 2.05) is 0 Å². The highest BCUT2D eigenvalue weighted by Gasteiger charge is 2.16. The van der Waals surface area contributed by atoms with Crippen molar-refractivity contribution in [3.05, 3.63) is 118 Å². The van der Waals surface area contributed by atoms with Crippen molar-refractivity contribution in [2.24, 2.45) is 5.10 Å². The van der Waals surface area contributed by atoms with Crippen molar-refractivity contribution >= 4 is 57.0 Å². The Kier molecular flexibility index (Phi) is 9.05. The number of anilines is 1. The highest BCUT2D eigenvalue weighted by Crippen LogP contribution is 2.29. The summed E-state index contributed by atoms with van der Waals surface area (Å²) in [6.45, 7) is 0. The fourth-order valence-electron chi connectivity index (χ4n) is 3.38. The van der Waals surface area contributed by atoms with Crippen molar-refractivity contribution in [1.82, 2.24) is 5.43 Å². The minimum Gasteiger partial charge on any atom is -0.493 e. The normalized spacial score (nSPS) is 11.2. The van der Waals surface area contributed by atoms with E-state index in [-0.39, 0.29) is 38.2 Å². The Hall–Kier alpha value is -4.38. The Balaban J connectivity index is 1.36. The van der Waals surface area contributed by atoms with Gasteiger partial charge in [0.25, 0.3) is 15.9 Å². The van der Waals surface area contributed by atoms with Gasteiger partial charge in [-0.2, -0.15) is 5.10 Å². The molecule has 0 aromatic heterocycles. The zero-order chi connectivity index (χ0) is 28.7. The molecule has 0 fully saturated rings. The third-order valence-electron chi connectivity index (χ3n) is 5.39. The number of ether oxygens (including phenoxy) is 2. The first-order valence-electron chi connectivity index (χ1n) is 11.5. The van der Waals surface area contributed by atoms with Crippen molar-refractivity contribution in [2.75, 3.05) is 11.8 Å². The van der Waals surface area contributed by atoms with Crippen LogP contribution in [0.2, 0.25) is 10.0 Å². The molecule has 0 heterocycles. The standard InChI is InChI=1S/C28H21Cl2N3O6S/c1-38-26-16-18(6-15-25(26)39-28(35)23-4-2-3-5-24(23)30)17-31-32-27(34)19-7-11-21(12-8-19)33-40(36,37)22-13-9-20(29)10-14-22/h2-17,33H,1H3,(H,32,34). The quantitative estimate of drug-likeness (QED) is 0.109. The predicted molar refractivity (Wildman–Crippen MR) is 153 cm³/mol. The number of halogens is 2. The molecule has 9 nitrogen and oxygen atoms in total. The molecule has 12 heteroatoms. The molecule has 0 aliphatic heterocycles. The molecule has 0 bridgehead atoms. The molecule has 4 aromatic carbocycles. The molecule has 0 atom stereocenters. The number of hydrogen-bond acceptors (Lipinski definition) is 7. The number of nitrogens with one attached hydrogen (secondary N) is 2. The van der Waals surface area contributed by atoms with Crippen LogP contribution in [-0.2, 0) is 10.0 Å². The van der Waals surface area contributed by atoms with Crippen LogP contribution < -0.4 is 19.6 Å². The summed E-state index contributed by atoms with van der Waals surface area (Å²) in [5.74, 6) is -0.699. The number of hydrazone groups is 1. The maximum atomic E-state index is 12.5. The number of rotatable bonds is 9. The lowest BCUT2D eigenvalue weighted by Gasteiger charge is -2.10. The second-order valence-corrected chi connectivity index (χ2v) is 10.6. The van der Waals surface area contributed by atoms with Crippen LogP contribution in [-0.4, -0.2) is 33.6 Å². The number of esters is 1. The van der Waals surface area contributed by atoms with Crippen LogP contribution in [0.4, 0.5) is 5.69 Å². The maximum absolute atomic E-state index is 12.5. The number of methoxy groups -OCH3 is 1. The number of carbonyl (C=O) groups excluding carboxylic acids is 2. The number of hydrogen-bond donors (Lipinski definition) is 2. The Labute approximate surface area is 240 Å². The average Bonchev–Trinajstić information content (AvgIpc) is 2.94. The molecule has 0 unspecified atom stereocenters. The van der Waals surface area contributed by atoms with Gasteiger partial charge in [-0.3, -0.25) is 9.52 Å². The summed E-state index contributed by atoms with van der Waals surface area (Å²) < 4.78 is 38.2. The second kappa shape index (κ2) is 12.6. The first-order chi connectivity index (χ1) is 19.2. The van der Waals surface area contributed by atoms with Gasteiger partial charge in [0, 0.05) is 16.3 Å². The van der Waals surface area contributed by atoms with Gasteiger partial charge in [0.2, 0.25) is 0 Å². The first kappa shape index (κ1) is 28.6.